The molecule has 0 saturated carbocycles. The lowest BCUT2D eigenvalue weighted by atomic mass is 10.1. The monoisotopic (exact) mass is 316 g/mol. The van der Waals surface area contributed by atoms with E-state index in [4.69, 9.17) is 4.74 Å². The molecular formula is C19H28N2O2. The number of hydrogen-bond acceptors (Lipinski definition) is 3. The van der Waals surface area contributed by atoms with Crippen LogP contribution in [0.2, 0.25) is 0 Å². The number of nitrogens with zero attached hydrogens (tertiary/aromatic N) is 1. The number of ether oxygens (including phenoxy) is 1. The molecule has 0 spiro atoms. The topological polar surface area (TPSA) is 41.6 Å². The molecule has 0 aliphatic carbocycles. The number of hydrogen-bond donors (Lipinski definition) is 1. The van der Waals surface area contributed by atoms with Crippen LogP contribution in [0.5, 0.6) is 5.75 Å². The van der Waals surface area contributed by atoms with Crippen LogP contribution >= 0.6 is 0 Å². The summed E-state index contributed by atoms with van der Waals surface area (Å²) in [5, 5.41) is 3.44. The molecule has 2 atom stereocenters. The number of benzene rings is 1. The van der Waals surface area contributed by atoms with Crippen molar-refractivity contribution in [3.8, 4) is 5.75 Å². The summed E-state index contributed by atoms with van der Waals surface area (Å²) in [7, 11) is 0. The Kier molecular flexibility index (Phi) is 4.90. The predicted molar refractivity (Wildman–Crippen MR) is 91.9 cm³/mol. The molecule has 1 aromatic rings. The number of rotatable bonds is 4. The van der Waals surface area contributed by atoms with Gasteiger partial charge in [0, 0.05) is 18.6 Å². The average Bonchev–Trinajstić information content (AvgIpc) is 2.77. The third-order valence-corrected chi connectivity index (χ3v) is 5.28. The molecule has 3 rings (SSSR count). The third kappa shape index (κ3) is 3.52. The van der Waals surface area contributed by atoms with E-state index in [1.807, 2.05) is 0 Å². The van der Waals surface area contributed by atoms with Crippen molar-refractivity contribution in [2.75, 3.05) is 19.7 Å². The fourth-order valence-electron chi connectivity index (χ4n) is 3.92. The molecular weight excluding hydrogens is 288 g/mol. The summed E-state index contributed by atoms with van der Waals surface area (Å²) >= 11 is 0. The molecule has 23 heavy (non-hydrogen) atoms. The van der Waals surface area contributed by atoms with Crippen molar-refractivity contribution in [3.05, 3.63) is 28.8 Å². The van der Waals surface area contributed by atoms with Gasteiger partial charge < -0.3 is 15.0 Å². The first-order valence-corrected chi connectivity index (χ1v) is 8.79. The van der Waals surface area contributed by atoms with Crippen molar-refractivity contribution >= 4 is 5.91 Å². The van der Waals surface area contributed by atoms with Crippen LogP contribution in [0.3, 0.4) is 0 Å². The number of carbonyl (C=O) groups is 1. The Morgan fingerprint density at radius 1 is 1.22 bits per heavy atom. The molecule has 2 saturated heterocycles. The third-order valence-electron chi connectivity index (χ3n) is 5.28. The van der Waals surface area contributed by atoms with E-state index >= 15 is 0 Å². The van der Waals surface area contributed by atoms with Gasteiger partial charge in [-0.2, -0.15) is 0 Å². The van der Waals surface area contributed by atoms with Crippen LogP contribution in [0.1, 0.15) is 42.4 Å². The van der Waals surface area contributed by atoms with Gasteiger partial charge in [-0.3, -0.25) is 4.79 Å². The smallest absolute Gasteiger partial charge is 0.226 e. The second kappa shape index (κ2) is 6.91. The molecule has 1 N–H and O–H groups in total. The summed E-state index contributed by atoms with van der Waals surface area (Å²) in [5.41, 5.74) is 3.61. The van der Waals surface area contributed by atoms with E-state index in [9.17, 15) is 4.79 Å². The summed E-state index contributed by atoms with van der Waals surface area (Å²) < 4.78 is 5.92. The molecule has 0 radical (unpaired) electrons. The highest BCUT2D eigenvalue weighted by atomic mass is 16.5. The van der Waals surface area contributed by atoms with Crippen LogP contribution in [0, 0.1) is 20.8 Å². The highest BCUT2D eigenvalue weighted by molar-refractivity contribution is 5.77. The summed E-state index contributed by atoms with van der Waals surface area (Å²) in [5.74, 6) is 1.17. The fourth-order valence-corrected chi connectivity index (χ4v) is 3.92. The summed E-state index contributed by atoms with van der Waals surface area (Å²) in [6.45, 7) is 8.69. The zero-order chi connectivity index (χ0) is 16.4. The van der Waals surface area contributed by atoms with E-state index in [-0.39, 0.29) is 5.91 Å². The van der Waals surface area contributed by atoms with E-state index in [0.717, 1.165) is 38.1 Å². The van der Waals surface area contributed by atoms with Crippen LogP contribution in [-0.2, 0) is 4.79 Å². The first-order valence-electron chi connectivity index (χ1n) is 8.79. The second-order valence-corrected chi connectivity index (χ2v) is 6.98. The predicted octanol–water partition coefficient (Wildman–Crippen LogP) is 2.73. The standard InChI is InChI=1S/C19H28N2O2/c1-13-10-14(2)15(3)18(11-13)23-9-7-19(22)21-16-4-5-17(21)12-20-8-6-16/h10-11,16-17,20H,4-9,12H2,1-3H3. The minimum atomic E-state index is 0.253. The molecule has 4 heteroatoms. The first-order chi connectivity index (χ1) is 11.1. The van der Waals surface area contributed by atoms with Gasteiger partial charge in [0.05, 0.1) is 13.0 Å². The largest absolute Gasteiger partial charge is 0.493 e. The van der Waals surface area contributed by atoms with E-state index in [1.165, 1.54) is 16.7 Å². The van der Waals surface area contributed by atoms with Gasteiger partial charge in [0.2, 0.25) is 5.91 Å². The van der Waals surface area contributed by atoms with Gasteiger partial charge in [0.15, 0.2) is 0 Å². The Balaban J connectivity index is 1.57. The van der Waals surface area contributed by atoms with E-state index in [2.05, 4.69) is 43.1 Å². The first kappa shape index (κ1) is 16.3. The molecule has 2 heterocycles. The second-order valence-electron chi connectivity index (χ2n) is 6.98. The van der Waals surface area contributed by atoms with Crippen LogP contribution in [0.25, 0.3) is 0 Å². The molecule has 1 aromatic carbocycles. The highest BCUT2D eigenvalue weighted by Crippen LogP contribution is 2.29. The van der Waals surface area contributed by atoms with Crippen molar-refractivity contribution in [1.29, 1.82) is 0 Å². The van der Waals surface area contributed by atoms with Crippen LogP contribution in [0.4, 0.5) is 0 Å². The fraction of sp³-hybridized carbons (Fsp3) is 0.632. The Labute approximate surface area is 139 Å². The van der Waals surface area contributed by atoms with Crippen LogP contribution < -0.4 is 10.1 Å². The summed E-state index contributed by atoms with van der Waals surface area (Å²) in [6, 6.07) is 5.05. The molecule has 0 aromatic heterocycles. The van der Waals surface area contributed by atoms with E-state index in [1.54, 1.807) is 0 Å². The number of fused-ring (bicyclic) bond motifs is 2. The van der Waals surface area contributed by atoms with Gasteiger partial charge in [0.25, 0.3) is 0 Å². The lowest BCUT2D eigenvalue weighted by Gasteiger charge is -2.28. The Morgan fingerprint density at radius 3 is 2.83 bits per heavy atom. The normalized spacial score (nSPS) is 23.7. The summed E-state index contributed by atoms with van der Waals surface area (Å²) in [4.78, 5) is 14.8. The van der Waals surface area contributed by atoms with Crippen molar-refractivity contribution < 1.29 is 9.53 Å². The van der Waals surface area contributed by atoms with Crippen molar-refractivity contribution in [2.45, 2.75) is 58.5 Å². The number of nitrogens with one attached hydrogen (secondary N) is 1. The van der Waals surface area contributed by atoms with Gasteiger partial charge in [-0.05, 0) is 69.3 Å². The van der Waals surface area contributed by atoms with E-state index < -0.39 is 0 Å². The summed E-state index contributed by atoms with van der Waals surface area (Å²) in [6.07, 6.45) is 3.86. The molecule has 126 valence electrons. The maximum absolute atomic E-state index is 12.6. The molecule has 2 aliphatic rings. The van der Waals surface area contributed by atoms with Crippen molar-refractivity contribution in [2.24, 2.45) is 0 Å². The van der Waals surface area contributed by atoms with Crippen LogP contribution in [0.15, 0.2) is 12.1 Å². The van der Waals surface area contributed by atoms with E-state index in [0.29, 0.717) is 25.1 Å². The Morgan fingerprint density at radius 2 is 2.00 bits per heavy atom. The molecule has 1 amide bonds. The van der Waals surface area contributed by atoms with Gasteiger partial charge in [-0.1, -0.05) is 6.07 Å². The number of carbonyl (C=O) groups excluding carboxylic acids is 1. The lowest BCUT2D eigenvalue weighted by molar-refractivity contribution is -0.134. The van der Waals surface area contributed by atoms with Crippen LogP contribution in [-0.4, -0.2) is 42.6 Å². The van der Waals surface area contributed by atoms with Gasteiger partial charge >= 0.3 is 0 Å². The molecule has 2 bridgehead atoms. The SMILES string of the molecule is Cc1cc(C)c(C)c(OCCC(=O)N2C3CCNCC2CC3)c1. The maximum Gasteiger partial charge on any atom is 0.226 e. The minimum Gasteiger partial charge on any atom is -0.493 e. The molecule has 4 nitrogen and oxygen atoms in total. The van der Waals surface area contributed by atoms with Gasteiger partial charge in [-0.15, -0.1) is 0 Å². The van der Waals surface area contributed by atoms with Gasteiger partial charge in [0.1, 0.15) is 5.75 Å². The molecule has 2 fully saturated rings. The number of amides is 1. The average molecular weight is 316 g/mol. The minimum absolute atomic E-state index is 0.253. The highest BCUT2D eigenvalue weighted by Gasteiger charge is 2.37. The quantitative estimate of drug-likeness (QED) is 0.928. The lowest BCUT2D eigenvalue weighted by Crippen LogP contribution is -2.42. The number of aryl methyl sites for hydroxylation is 2. The Hall–Kier alpha value is -1.55. The zero-order valence-electron chi connectivity index (χ0n) is 14.5. The molecule has 2 unspecified atom stereocenters. The van der Waals surface area contributed by atoms with Crippen molar-refractivity contribution in [1.82, 2.24) is 10.2 Å². The molecule has 2 aliphatic heterocycles. The van der Waals surface area contributed by atoms with Crippen molar-refractivity contribution in [3.63, 3.8) is 0 Å². The zero-order valence-corrected chi connectivity index (χ0v) is 14.5. The Bertz CT molecular complexity index is 571. The van der Waals surface area contributed by atoms with Gasteiger partial charge in [-0.25, -0.2) is 0 Å². The maximum atomic E-state index is 12.6.